The first-order valence-corrected chi connectivity index (χ1v) is 6.46. The zero-order chi connectivity index (χ0) is 12.4. The van der Waals surface area contributed by atoms with Gasteiger partial charge >= 0.3 is 0 Å². The molecule has 0 aliphatic carbocycles. The lowest BCUT2D eigenvalue weighted by Crippen LogP contribution is -1.93. The van der Waals surface area contributed by atoms with Crippen molar-refractivity contribution < 1.29 is 0 Å². The van der Waals surface area contributed by atoms with Gasteiger partial charge in [-0.05, 0) is 52.8 Å². The number of hydrogen-bond donors (Lipinski definition) is 0. The minimum absolute atomic E-state index is 0.628. The van der Waals surface area contributed by atoms with Gasteiger partial charge in [0.15, 0.2) is 5.16 Å². The van der Waals surface area contributed by atoms with Crippen LogP contribution in [0.4, 0.5) is 0 Å². The predicted octanol–water partition coefficient (Wildman–Crippen LogP) is 2.91. The van der Waals surface area contributed by atoms with Crippen molar-refractivity contribution in [1.29, 1.82) is 5.26 Å². The van der Waals surface area contributed by atoms with Crippen molar-refractivity contribution in [2.24, 2.45) is 7.05 Å². The number of aryl methyl sites for hydroxylation is 1. The Hall–Kier alpha value is -1.32. The van der Waals surface area contributed by atoms with E-state index in [0.29, 0.717) is 5.56 Å². The molecule has 4 nitrogen and oxygen atoms in total. The predicted molar refractivity (Wildman–Crippen MR) is 68.7 cm³/mol. The summed E-state index contributed by atoms with van der Waals surface area (Å²) < 4.78 is 2.72. The molecule has 0 N–H and O–H groups in total. The molecule has 0 bridgehead atoms. The Bertz CT molecular complexity index is 600. The molecule has 0 fully saturated rings. The van der Waals surface area contributed by atoms with Crippen LogP contribution < -0.4 is 0 Å². The second-order valence-corrected chi connectivity index (χ2v) is 5.34. The molecule has 0 saturated heterocycles. The number of aromatic nitrogens is 3. The van der Waals surface area contributed by atoms with Gasteiger partial charge in [0.1, 0.15) is 11.9 Å². The number of halogens is 1. The Balaban J connectivity index is 2.29. The van der Waals surface area contributed by atoms with Crippen molar-refractivity contribution in [2.75, 3.05) is 0 Å². The van der Waals surface area contributed by atoms with E-state index < -0.39 is 0 Å². The smallest absolute Gasteiger partial charge is 0.195 e. The maximum atomic E-state index is 8.83. The fraction of sp³-hybridized carbons (Fsp3) is 0.182. The third kappa shape index (κ3) is 2.51. The highest BCUT2D eigenvalue weighted by Crippen LogP contribution is 2.29. The molecule has 0 amide bonds. The minimum atomic E-state index is 0.628. The van der Waals surface area contributed by atoms with Gasteiger partial charge < -0.3 is 4.57 Å². The van der Waals surface area contributed by atoms with E-state index in [1.54, 1.807) is 6.07 Å². The van der Waals surface area contributed by atoms with E-state index in [9.17, 15) is 0 Å². The normalized spacial score (nSPS) is 10.2. The van der Waals surface area contributed by atoms with Crippen LogP contribution in [-0.2, 0) is 7.05 Å². The van der Waals surface area contributed by atoms with Crippen LogP contribution in [0.1, 0.15) is 11.4 Å². The van der Waals surface area contributed by atoms with Crippen LogP contribution in [0.5, 0.6) is 0 Å². The van der Waals surface area contributed by atoms with Gasteiger partial charge in [0.25, 0.3) is 0 Å². The molecule has 17 heavy (non-hydrogen) atoms. The summed E-state index contributed by atoms with van der Waals surface area (Å²) in [6.45, 7) is 1.91. The zero-order valence-corrected chi connectivity index (χ0v) is 11.7. The monoisotopic (exact) mass is 308 g/mol. The summed E-state index contributed by atoms with van der Waals surface area (Å²) in [5.41, 5.74) is 0.628. The Morgan fingerprint density at radius 1 is 1.41 bits per heavy atom. The number of rotatable bonds is 2. The molecule has 0 atom stereocenters. The van der Waals surface area contributed by atoms with Crippen molar-refractivity contribution >= 4 is 27.7 Å². The number of nitrogens with zero attached hydrogens (tertiary/aromatic N) is 4. The van der Waals surface area contributed by atoms with Crippen molar-refractivity contribution in [3.05, 3.63) is 34.1 Å². The van der Waals surface area contributed by atoms with Crippen LogP contribution in [-0.4, -0.2) is 14.8 Å². The Kier molecular flexibility index (Phi) is 3.50. The highest BCUT2D eigenvalue weighted by molar-refractivity contribution is 9.10. The molecular weight excluding hydrogens is 300 g/mol. The van der Waals surface area contributed by atoms with Crippen LogP contribution in [0.3, 0.4) is 0 Å². The highest BCUT2D eigenvalue weighted by Gasteiger charge is 2.08. The molecule has 0 spiro atoms. The highest BCUT2D eigenvalue weighted by atomic mass is 79.9. The summed E-state index contributed by atoms with van der Waals surface area (Å²) in [6, 6.07) is 7.71. The standard InChI is InChI=1S/C11H9BrN4S/c1-7-14-15-11(16(7)2)17-9-4-3-8(6-13)10(12)5-9/h3-5H,1-2H3. The summed E-state index contributed by atoms with van der Waals surface area (Å²) in [6.07, 6.45) is 0. The van der Waals surface area contributed by atoms with Crippen molar-refractivity contribution in [3.63, 3.8) is 0 Å². The summed E-state index contributed by atoms with van der Waals surface area (Å²) in [5, 5.41) is 17.7. The van der Waals surface area contributed by atoms with E-state index >= 15 is 0 Å². The van der Waals surface area contributed by atoms with Gasteiger partial charge in [0, 0.05) is 16.4 Å². The van der Waals surface area contributed by atoms with Gasteiger partial charge in [-0.15, -0.1) is 10.2 Å². The van der Waals surface area contributed by atoms with Crippen molar-refractivity contribution in [3.8, 4) is 6.07 Å². The number of benzene rings is 1. The lowest BCUT2D eigenvalue weighted by molar-refractivity contribution is 0.765. The Labute approximate surface area is 112 Å². The average Bonchev–Trinajstić information content (AvgIpc) is 2.61. The maximum Gasteiger partial charge on any atom is 0.195 e. The van der Waals surface area contributed by atoms with Gasteiger partial charge in [-0.25, -0.2) is 0 Å². The largest absolute Gasteiger partial charge is 0.309 e. The van der Waals surface area contributed by atoms with Crippen LogP contribution in [0.25, 0.3) is 0 Å². The lowest BCUT2D eigenvalue weighted by Gasteiger charge is -2.02. The first kappa shape index (κ1) is 12.1. The summed E-state index contributed by atoms with van der Waals surface area (Å²) in [4.78, 5) is 1.02. The van der Waals surface area contributed by atoms with Crippen molar-refractivity contribution in [1.82, 2.24) is 14.8 Å². The SMILES string of the molecule is Cc1nnc(Sc2ccc(C#N)c(Br)c2)n1C. The summed E-state index contributed by atoms with van der Waals surface area (Å²) >= 11 is 4.88. The second kappa shape index (κ2) is 4.90. The Morgan fingerprint density at radius 2 is 2.18 bits per heavy atom. The fourth-order valence-electron chi connectivity index (χ4n) is 1.23. The van der Waals surface area contributed by atoms with E-state index in [1.807, 2.05) is 30.7 Å². The van der Waals surface area contributed by atoms with Gasteiger partial charge in [-0.3, -0.25) is 0 Å². The van der Waals surface area contributed by atoms with E-state index in [0.717, 1.165) is 20.3 Å². The molecule has 1 aromatic heterocycles. The molecule has 0 saturated carbocycles. The summed E-state index contributed by atoms with van der Waals surface area (Å²) in [5.74, 6) is 0.875. The van der Waals surface area contributed by atoms with Crippen molar-refractivity contribution in [2.45, 2.75) is 17.0 Å². The molecule has 0 unspecified atom stereocenters. The molecular formula is C11H9BrN4S. The van der Waals surface area contributed by atoms with Gasteiger partial charge in [0.05, 0.1) is 5.56 Å². The van der Waals surface area contributed by atoms with E-state index in [2.05, 4.69) is 32.2 Å². The van der Waals surface area contributed by atoms with E-state index in [4.69, 9.17) is 5.26 Å². The fourth-order valence-corrected chi connectivity index (χ4v) is 2.73. The number of hydrogen-bond acceptors (Lipinski definition) is 4. The first-order valence-electron chi connectivity index (χ1n) is 4.85. The maximum absolute atomic E-state index is 8.83. The van der Waals surface area contributed by atoms with Gasteiger partial charge in [-0.2, -0.15) is 5.26 Å². The summed E-state index contributed by atoms with van der Waals surface area (Å²) in [7, 11) is 1.93. The van der Waals surface area contributed by atoms with E-state index in [1.165, 1.54) is 11.8 Å². The third-order valence-electron chi connectivity index (χ3n) is 2.32. The molecule has 2 rings (SSSR count). The molecule has 1 heterocycles. The zero-order valence-electron chi connectivity index (χ0n) is 9.31. The molecule has 0 aliphatic heterocycles. The van der Waals surface area contributed by atoms with E-state index in [-0.39, 0.29) is 0 Å². The number of nitriles is 1. The quantitative estimate of drug-likeness (QED) is 0.856. The Morgan fingerprint density at radius 3 is 2.71 bits per heavy atom. The van der Waals surface area contributed by atoms with Crippen LogP contribution in [0.2, 0.25) is 0 Å². The van der Waals surface area contributed by atoms with Crippen LogP contribution >= 0.6 is 27.7 Å². The third-order valence-corrected chi connectivity index (χ3v) is 4.01. The molecule has 0 radical (unpaired) electrons. The second-order valence-electron chi connectivity index (χ2n) is 3.44. The molecule has 86 valence electrons. The molecule has 1 aromatic carbocycles. The lowest BCUT2D eigenvalue weighted by atomic mass is 10.2. The minimum Gasteiger partial charge on any atom is -0.309 e. The molecule has 6 heteroatoms. The molecule has 2 aromatic rings. The first-order chi connectivity index (χ1) is 8.11. The topological polar surface area (TPSA) is 54.5 Å². The van der Waals surface area contributed by atoms with Gasteiger partial charge in [-0.1, -0.05) is 0 Å². The van der Waals surface area contributed by atoms with Crippen LogP contribution in [0, 0.1) is 18.3 Å². The van der Waals surface area contributed by atoms with Crippen LogP contribution in [0.15, 0.2) is 32.7 Å². The molecule has 0 aliphatic rings. The average molecular weight is 309 g/mol. The van der Waals surface area contributed by atoms with Gasteiger partial charge in [0.2, 0.25) is 0 Å².